The van der Waals surface area contributed by atoms with Crippen LogP contribution in [0.4, 0.5) is 4.39 Å². The third-order valence-corrected chi connectivity index (χ3v) is 4.72. The number of Topliss-reactive ketones (excluding diaryl/α,β-unsaturated/α-hetero) is 1. The molecule has 22 heavy (non-hydrogen) atoms. The lowest BCUT2D eigenvalue weighted by Crippen LogP contribution is -2.27. The minimum Gasteiger partial charge on any atom is -0.299 e. The molecule has 1 rings (SSSR count). The first-order valence-electron chi connectivity index (χ1n) is 8.47. The molecule has 1 aromatic carbocycles. The second-order valence-electron chi connectivity index (χ2n) is 7.50. The number of aryl methyl sites for hydroxylation is 1. The van der Waals surface area contributed by atoms with Crippen molar-refractivity contribution in [3.8, 4) is 0 Å². The van der Waals surface area contributed by atoms with Gasteiger partial charge >= 0.3 is 0 Å². The zero-order valence-corrected chi connectivity index (χ0v) is 15.0. The van der Waals surface area contributed by atoms with Crippen LogP contribution in [0.15, 0.2) is 18.2 Å². The van der Waals surface area contributed by atoms with E-state index in [1.54, 1.807) is 13.0 Å². The number of carbonyl (C=O) groups excluding carboxylic acids is 1. The number of ketones is 1. The van der Waals surface area contributed by atoms with Crippen LogP contribution in [0.3, 0.4) is 0 Å². The summed E-state index contributed by atoms with van der Waals surface area (Å²) in [5.74, 6) is 1.04. The van der Waals surface area contributed by atoms with Gasteiger partial charge in [0.25, 0.3) is 0 Å². The van der Waals surface area contributed by atoms with Gasteiger partial charge in [-0.3, -0.25) is 4.79 Å². The Labute approximate surface area is 135 Å². The van der Waals surface area contributed by atoms with Crippen molar-refractivity contribution in [2.45, 2.75) is 67.2 Å². The second-order valence-corrected chi connectivity index (χ2v) is 7.50. The van der Waals surface area contributed by atoms with E-state index < -0.39 is 0 Å². The van der Waals surface area contributed by atoms with Gasteiger partial charge in [-0.2, -0.15) is 0 Å². The van der Waals surface area contributed by atoms with Gasteiger partial charge in [-0.25, -0.2) is 4.39 Å². The second kappa shape index (κ2) is 7.89. The van der Waals surface area contributed by atoms with E-state index >= 15 is 0 Å². The molecule has 124 valence electrons. The fraction of sp³-hybridized carbons (Fsp3) is 0.650. The van der Waals surface area contributed by atoms with Crippen molar-refractivity contribution in [3.05, 3.63) is 35.1 Å². The maximum atomic E-state index is 13.4. The van der Waals surface area contributed by atoms with Crippen molar-refractivity contribution in [2.75, 3.05) is 0 Å². The van der Waals surface area contributed by atoms with E-state index in [4.69, 9.17) is 0 Å². The van der Waals surface area contributed by atoms with Gasteiger partial charge < -0.3 is 0 Å². The topological polar surface area (TPSA) is 17.1 Å². The summed E-state index contributed by atoms with van der Waals surface area (Å²) in [6.45, 7) is 12.1. The van der Waals surface area contributed by atoms with Gasteiger partial charge in [0.05, 0.1) is 0 Å². The van der Waals surface area contributed by atoms with Crippen molar-refractivity contribution in [3.63, 3.8) is 0 Å². The highest BCUT2D eigenvalue weighted by Gasteiger charge is 2.28. The average molecular weight is 306 g/mol. The third kappa shape index (κ3) is 5.23. The fourth-order valence-electron chi connectivity index (χ4n) is 3.04. The smallest absolute Gasteiger partial charge is 0.138 e. The van der Waals surface area contributed by atoms with Gasteiger partial charge in [0, 0.05) is 11.8 Å². The Kier molecular flexibility index (Phi) is 6.77. The molecule has 0 heterocycles. The van der Waals surface area contributed by atoms with Gasteiger partial charge in [0.2, 0.25) is 0 Å². The quantitative estimate of drug-likeness (QED) is 0.628. The predicted octanol–water partition coefficient (Wildman–Crippen LogP) is 5.73. The highest BCUT2D eigenvalue weighted by molar-refractivity contribution is 5.83. The summed E-state index contributed by atoms with van der Waals surface area (Å²) < 4.78 is 13.4. The van der Waals surface area contributed by atoms with Gasteiger partial charge in [-0.15, -0.1) is 0 Å². The van der Waals surface area contributed by atoms with Gasteiger partial charge in [0.1, 0.15) is 11.6 Å². The molecule has 0 saturated carbocycles. The first kappa shape index (κ1) is 18.9. The van der Waals surface area contributed by atoms with Crippen molar-refractivity contribution in [1.29, 1.82) is 0 Å². The van der Waals surface area contributed by atoms with Gasteiger partial charge in [0.15, 0.2) is 0 Å². The Morgan fingerprint density at radius 1 is 1.14 bits per heavy atom. The van der Waals surface area contributed by atoms with Crippen LogP contribution >= 0.6 is 0 Å². The summed E-state index contributed by atoms with van der Waals surface area (Å²) in [7, 11) is 0. The molecule has 0 fully saturated rings. The number of benzene rings is 1. The SMILES string of the molecule is CCC(CC)C(CC(=O)C(C)(C)C)Cc1ccc(F)c(C)c1. The highest BCUT2D eigenvalue weighted by atomic mass is 19.1. The number of rotatable bonds is 7. The maximum absolute atomic E-state index is 13.4. The third-order valence-electron chi connectivity index (χ3n) is 4.72. The summed E-state index contributed by atoms with van der Waals surface area (Å²) >= 11 is 0. The molecule has 1 atom stereocenters. The molecule has 0 bridgehead atoms. The monoisotopic (exact) mass is 306 g/mol. The standard InChI is InChI=1S/C20H31FO/c1-7-16(8-2)17(13-19(22)20(4,5)6)12-15-9-10-18(21)14(3)11-15/h9-11,16-17H,7-8,12-13H2,1-6H3. The molecule has 1 unspecified atom stereocenters. The molecule has 1 nitrogen and oxygen atoms in total. The van der Waals surface area contributed by atoms with E-state index in [2.05, 4.69) is 13.8 Å². The molecule has 0 N–H and O–H groups in total. The van der Waals surface area contributed by atoms with Gasteiger partial charge in [-0.1, -0.05) is 59.6 Å². The molecule has 0 aliphatic heterocycles. The first-order valence-corrected chi connectivity index (χ1v) is 8.47. The van der Waals surface area contributed by atoms with E-state index in [1.807, 2.05) is 32.9 Å². The van der Waals surface area contributed by atoms with E-state index in [1.165, 1.54) is 0 Å². The highest BCUT2D eigenvalue weighted by Crippen LogP contribution is 2.30. The Bertz CT molecular complexity index is 495. The summed E-state index contributed by atoms with van der Waals surface area (Å²) in [5, 5.41) is 0. The lowest BCUT2D eigenvalue weighted by atomic mass is 9.76. The Morgan fingerprint density at radius 2 is 1.73 bits per heavy atom. The molecule has 0 saturated heterocycles. The molecule has 0 aliphatic rings. The maximum Gasteiger partial charge on any atom is 0.138 e. The molecular weight excluding hydrogens is 275 g/mol. The Balaban J connectivity index is 2.95. The van der Waals surface area contributed by atoms with Gasteiger partial charge in [-0.05, 0) is 42.4 Å². The molecule has 0 amide bonds. The minimum atomic E-state index is -0.289. The molecule has 1 aromatic rings. The zero-order valence-electron chi connectivity index (χ0n) is 15.0. The zero-order chi connectivity index (χ0) is 16.9. The lowest BCUT2D eigenvalue weighted by Gasteiger charge is -2.28. The fourth-order valence-corrected chi connectivity index (χ4v) is 3.04. The molecule has 0 radical (unpaired) electrons. The molecule has 0 aromatic heterocycles. The minimum absolute atomic E-state index is 0.159. The number of halogens is 1. The molecule has 0 aliphatic carbocycles. The first-order chi connectivity index (χ1) is 10.2. The van der Waals surface area contributed by atoms with Crippen molar-refractivity contribution in [2.24, 2.45) is 17.3 Å². The molecule has 2 heteroatoms. The number of carbonyl (C=O) groups is 1. The van der Waals surface area contributed by atoms with E-state index in [0.29, 0.717) is 29.6 Å². The van der Waals surface area contributed by atoms with Crippen LogP contribution < -0.4 is 0 Å². The normalized spacial score (nSPS) is 13.5. The molecule has 0 spiro atoms. The van der Waals surface area contributed by atoms with E-state index in [9.17, 15) is 9.18 Å². The van der Waals surface area contributed by atoms with Crippen LogP contribution in [0, 0.1) is 30.0 Å². The Morgan fingerprint density at radius 3 is 2.18 bits per heavy atom. The van der Waals surface area contributed by atoms with Crippen molar-refractivity contribution >= 4 is 5.78 Å². The number of hydrogen-bond donors (Lipinski definition) is 0. The van der Waals surface area contributed by atoms with Crippen LogP contribution in [-0.4, -0.2) is 5.78 Å². The summed E-state index contributed by atoms with van der Waals surface area (Å²) in [5.41, 5.74) is 1.53. The van der Waals surface area contributed by atoms with Crippen LogP contribution in [0.2, 0.25) is 0 Å². The lowest BCUT2D eigenvalue weighted by molar-refractivity contribution is -0.127. The summed E-state index contributed by atoms with van der Waals surface area (Å²) in [6.07, 6.45) is 3.64. The van der Waals surface area contributed by atoms with Crippen LogP contribution in [-0.2, 0) is 11.2 Å². The largest absolute Gasteiger partial charge is 0.299 e. The van der Waals surface area contributed by atoms with Crippen LogP contribution in [0.5, 0.6) is 0 Å². The predicted molar refractivity (Wildman–Crippen MR) is 91.5 cm³/mol. The van der Waals surface area contributed by atoms with E-state index in [-0.39, 0.29) is 11.2 Å². The van der Waals surface area contributed by atoms with Crippen molar-refractivity contribution in [1.82, 2.24) is 0 Å². The Hall–Kier alpha value is -1.18. The molecular formula is C20H31FO. The van der Waals surface area contributed by atoms with Crippen LogP contribution in [0.25, 0.3) is 0 Å². The summed E-state index contributed by atoms with van der Waals surface area (Å²) in [4.78, 5) is 12.5. The van der Waals surface area contributed by atoms with Crippen molar-refractivity contribution < 1.29 is 9.18 Å². The average Bonchev–Trinajstić information content (AvgIpc) is 2.43. The van der Waals surface area contributed by atoms with E-state index in [0.717, 1.165) is 24.8 Å². The number of hydrogen-bond acceptors (Lipinski definition) is 1. The van der Waals surface area contributed by atoms with Crippen LogP contribution in [0.1, 0.15) is 65.0 Å². The summed E-state index contributed by atoms with van der Waals surface area (Å²) in [6, 6.07) is 5.33.